The van der Waals surface area contributed by atoms with Crippen LogP contribution in [-0.2, 0) is 11.3 Å². The van der Waals surface area contributed by atoms with Gasteiger partial charge in [-0.25, -0.2) is 4.98 Å². The maximum Gasteiger partial charge on any atom is 0.271 e. The number of carbonyl (C=O) groups is 1. The van der Waals surface area contributed by atoms with Crippen LogP contribution < -0.4 is 10.1 Å². The van der Waals surface area contributed by atoms with Gasteiger partial charge in [-0.3, -0.25) is 19.8 Å². The summed E-state index contributed by atoms with van der Waals surface area (Å²) in [5.41, 5.74) is 1.05. The van der Waals surface area contributed by atoms with Gasteiger partial charge in [-0.15, -0.1) is 11.3 Å². The molecule has 0 saturated heterocycles. The van der Waals surface area contributed by atoms with Crippen molar-refractivity contribution in [2.45, 2.75) is 26.4 Å². The van der Waals surface area contributed by atoms with Gasteiger partial charge in [0.15, 0.2) is 0 Å². The SMILES string of the molecule is COc1ccc([N+](=O)[O-])cc1NC(=O)C(C)N(C)Cc1csc(C)n1. The zero-order chi connectivity index (χ0) is 18.6. The highest BCUT2D eigenvalue weighted by Gasteiger charge is 2.21. The molecule has 0 saturated carbocycles. The van der Waals surface area contributed by atoms with Gasteiger partial charge in [-0.05, 0) is 27.0 Å². The second-order valence-corrected chi connectivity index (χ2v) is 6.64. The molecule has 9 heteroatoms. The summed E-state index contributed by atoms with van der Waals surface area (Å²) in [5.74, 6) is 0.0807. The van der Waals surface area contributed by atoms with E-state index in [0.717, 1.165) is 10.7 Å². The first-order chi connectivity index (χ1) is 11.8. The largest absolute Gasteiger partial charge is 0.495 e. The molecule has 0 spiro atoms. The van der Waals surface area contributed by atoms with E-state index in [9.17, 15) is 14.9 Å². The number of aryl methyl sites for hydroxylation is 1. The van der Waals surface area contributed by atoms with E-state index in [1.807, 2.05) is 24.3 Å². The van der Waals surface area contributed by atoms with E-state index in [-0.39, 0.29) is 17.3 Å². The van der Waals surface area contributed by atoms with Crippen molar-refractivity contribution in [3.8, 4) is 5.75 Å². The minimum Gasteiger partial charge on any atom is -0.495 e. The molecule has 1 heterocycles. The Bertz CT molecular complexity index is 777. The number of thiazole rings is 1. The van der Waals surface area contributed by atoms with Crippen LogP contribution in [0.15, 0.2) is 23.6 Å². The number of rotatable bonds is 7. The third kappa shape index (κ3) is 4.74. The van der Waals surface area contributed by atoms with E-state index in [1.54, 1.807) is 18.3 Å². The lowest BCUT2D eigenvalue weighted by molar-refractivity contribution is -0.384. The molecule has 2 aromatic rings. The molecular formula is C16H20N4O4S. The van der Waals surface area contributed by atoms with Crippen molar-refractivity contribution in [2.24, 2.45) is 0 Å². The molecule has 2 rings (SSSR count). The van der Waals surface area contributed by atoms with E-state index < -0.39 is 11.0 Å². The first-order valence-corrected chi connectivity index (χ1v) is 8.44. The zero-order valence-electron chi connectivity index (χ0n) is 14.5. The van der Waals surface area contributed by atoms with E-state index in [2.05, 4.69) is 10.3 Å². The van der Waals surface area contributed by atoms with Gasteiger partial charge in [-0.1, -0.05) is 0 Å². The van der Waals surface area contributed by atoms with Gasteiger partial charge in [0.05, 0.1) is 34.5 Å². The maximum atomic E-state index is 12.5. The number of hydrogen-bond donors (Lipinski definition) is 1. The number of anilines is 1. The Hall–Kier alpha value is -2.52. The molecular weight excluding hydrogens is 344 g/mol. The van der Waals surface area contributed by atoms with Crippen molar-refractivity contribution in [2.75, 3.05) is 19.5 Å². The molecule has 25 heavy (non-hydrogen) atoms. The summed E-state index contributed by atoms with van der Waals surface area (Å²) in [5, 5.41) is 16.6. The van der Waals surface area contributed by atoms with Crippen LogP contribution in [-0.4, -0.2) is 40.9 Å². The summed E-state index contributed by atoms with van der Waals surface area (Å²) in [4.78, 5) is 29.1. The Labute approximate surface area is 149 Å². The molecule has 1 aromatic carbocycles. The molecule has 1 N–H and O–H groups in total. The van der Waals surface area contributed by atoms with Gasteiger partial charge >= 0.3 is 0 Å². The van der Waals surface area contributed by atoms with Crippen molar-refractivity contribution in [3.05, 3.63) is 44.4 Å². The van der Waals surface area contributed by atoms with Crippen LogP contribution in [0.3, 0.4) is 0 Å². The number of nitrogens with one attached hydrogen (secondary N) is 1. The number of nitro groups is 1. The fourth-order valence-electron chi connectivity index (χ4n) is 2.22. The van der Waals surface area contributed by atoms with Crippen LogP contribution in [0.25, 0.3) is 0 Å². The third-order valence-electron chi connectivity index (χ3n) is 3.77. The molecule has 0 aliphatic rings. The average molecular weight is 364 g/mol. The van der Waals surface area contributed by atoms with Gasteiger partial charge in [0.2, 0.25) is 5.91 Å². The smallest absolute Gasteiger partial charge is 0.271 e. The van der Waals surface area contributed by atoms with Crippen LogP contribution in [0.4, 0.5) is 11.4 Å². The standard InChI is InChI=1S/C16H20N4O4S/c1-10(19(3)8-12-9-25-11(2)17-12)16(21)18-14-7-13(20(22)23)5-6-15(14)24-4/h5-7,9-10H,8H2,1-4H3,(H,18,21). The number of likely N-dealkylation sites (N-methyl/N-ethyl adjacent to an activating group) is 1. The molecule has 0 fully saturated rings. The molecule has 1 amide bonds. The Balaban J connectivity index is 2.09. The number of methoxy groups -OCH3 is 1. The first-order valence-electron chi connectivity index (χ1n) is 7.56. The fourth-order valence-corrected chi connectivity index (χ4v) is 2.82. The number of carbonyl (C=O) groups excluding carboxylic acids is 1. The topological polar surface area (TPSA) is 97.6 Å². The molecule has 1 atom stereocenters. The summed E-state index contributed by atoms with van der Waals surface area (Å²) < 4.78 is 5.16. The molecule has 0 bridgehead atoms. The number of nitro benzene ring substituents is 1. The van der Waals surface area contributed by atoms with Gasteiger partial charge in [-0.2, -0.15) is 0 Å². The Kier molecular flexibility index (Phi) is 6.05. The summed E-state index contributed by atoms with van der Waals surface area (Å²) in [6.45, 7) is 4.22. The van der Waals surface area contributed by atoms with E-state index in [0.29, 0.717) is 12.3 Å². The van der Waals surface area contributed by atoms with Gasteiger partial charge in [0.1, 0.15) is 5.75 Å². The Morgan fingerprint density at radius 2 is 2.24 bits per heavy atom. The van der Waals surface area contributed by atoms with Crippen molar-refractivity contribution in [1.29, 1.82) is 0 Å². The highest BCUT2D eigenvalue weighted by Crippen LogP contribution is 2.29. The third-order valence-corrected chi connectivity index (χ3v) is 4.59. The summed E-state index contributed by atoms with van der Waals surface area (Å²) >= 11 is 1.56. The minimum absolute atomic E-state index is 0.116. The lowest BCUT2D eigenvalue weighted by atomic mass is 10.2. The van der Waals surface area contributed by atoms with E-state index in [1.165, 1.54) is 25.3 Å². The predicted octanol–water partition coefficient (Wildman–Crippen LogP) is 2.83. The lowest BCUT2D eigenvalue weighted by Crippen LogP contribution is -2.39. The Morgan fingerprint density at radius 3 is 2.80 bits per heavy atom. The highest BCUT2D eigenvalue weighted by atomic mass is 32.1. The average Bonchev–Trinajstić information content (AvgIpc) is 2.98. The number of aromatic nitrogens is 1. The monoisotopic (exact) mass is 364 g/mol. The van der Waals surface area contributed by atoms with Crippen LogP contribution in [0, 0.1) is 17.0 Å². The lowest BCUT2D eigenvalue weighted by Gasteiger charge is -2.23. The zero-order valence-corrected chi connectivity index (χ0v) is 15.3. The second-order valence-electron chi connectivity index (χ2n) is 5.58. The normalized spacial score (nSPS) is 12.0. The predicted molar refractivity (Wildman–Crippen MR) is 96.1 cm³/mol. The van der Waals surface area contributed by atoms with Crippen LogP contribution in [0.1, 0.15) is 17.6 Å². The molecule has 0 aliphatic heterocycles. The molecule has 1 aromatic heterocycles. The van der Waals surface area contributed by atoms with Crippen molar-refractivity contribution < 1.29 is 14.5 Å². The molecule has 0 radical (unpaired) electrons. The molecule has 8 nitrogen and oxygen atoms in total. The summed E-state index contributed by atoms with van der Waals surface area (Å²) in [7, 11) is 3.26. The van der Waals surface area contributed by atoms with Gasteiger partial charge in [0, 0.05) is 24.1 Å². The van der Waals surface area contributed by atoms with Crippen molar-refractivity contribution >= 4 is 28.6 Å². The van der Waals surface area contributed by atoms with Crippen LogP contribution in [0.2, 0.25) is 0 Å². The number of non-ortho nitro benzene ring substituents is 1. The number of benzene rings is 1. The highest BCUT2D eigenvalue weighted by molar-refractivity contribution is 7.09. The quantitative estimate of drug-likeness (QED) is 0.599. The molecule has 1 unspecified atom stereocenters. The number of nitrogens with zero attached hydrogens (tertiary/aromatic N) is 3. The maximum absolute atomic E-state index is 12.5. The molecule has 134 valence electrons. The van der Waals surface area contributed by atoms with Crippen molar-refractivity contribution in [1.82, 2.24) is 9.88 Å². The van der Waals surface area contributed by atoms with Gasteiger partial charge in [0.25, 0.3) is 5.69 Å². The number of ether oxygens (including phenoxy) is 1. The van der Waals surface area contributed by atoms with E-state index >= 15 is 0 Å². The van der Waals surface area contributed by atoms with Crippen molar-refractivity contribution in [3.63, 3.8) is 0 Å². The fraction of sp³-hybridized carbons (Fsp3) is 0.375. The van der Waals surface area contributed by atoms with Crippen LogP contribution >= 0.6 is 11.3 Å². The van der Waals surface area contributed by atoms with Crippen LogP contribution in [0.5, 0.6) is 5.75 Å². The minimum atomic E-state index is -0.519. The summed E-state index contributed by atoms with van der Waals surface area (Å²) in [6, 6.07) is 3.62. The Morgan fingerprint density at radius 1 is 1.52 bits per heavy atom. The first kappa shape index (κ1) is 18.8. The number of hydrogen-bond acceptors (Lipinski definition) is 7. The number of amides is 1. The second kappa shape index (κ2) is 8.04. The van der Waals surface area contributed by atoms with Gasteiger partial charge < -0.3 is 10.1 Å². The molecule has 0 aliphatic carbocycles. The van der Waals surface area contributed by atoms with E-state index in [4.69, 9.17) is 4.74 Å². The summed E-state index contributed by atoms with van der Waals surface area (Å²) in [6.07, 6.45) is 0.